The zero-order valence-corrected chi connectivity index (χ0v) is 13.5. The molecule has 1 unspecified atom stereocenters. The fourth-order valence-electron chi connectivity index (χ4n) is 1.78. The summed E-state index contributed by atoms with van der Waals surface area (Å²) in [6.07, 6.45) is 1.25. The molecule has 0 aliphatic carbocycles. The fourth-order valence-corrected chi connectivity index (χ4v) is 3.13. The van der Waals surface area contributed by atoms with Gasteiger partial charge in [0.05, 0.1) is 17.1 Å². The number of hydrogen-bond donors (Lipinski definition) is 1. The normalized spacial score (nSPS) is 13.2. The second-order valence-corrected chi connectivity index (χ2v) is 7.79. The van der Waals surface area contributed by atoms with Gasteiger partial charge in [-0.1, -0.05) is 15.9 Å². The standard InChI is InChI=1S/C12H19BrN2O2S/c1-9(8-18(4,16)17)14-11-7-10(13)5-6-12(11)15(2)3/h5-7,9,14H,8H2,1-4H3. The summed E-state index contributed by atoms with van der Waals surface area (Å²) >= 11 is 3.42. The Morgan fingerprint density at radius 2 is 2.00 bits per heavy atom. The van der Waals surface area contributed by atoms with Crippen molar-refractivity contribution in [2.24, 2.45) is 0 Å². The highest BCUT2D eigenvalue weighted by atomic mass is 79.9. The summed E-state index contributed by atoms with van der Waals surface area (Å²) < 4.78 is 23.5. The van der Waals surface area contributed by atoms with Crippen molar-refractivity contribution in [3.8, 4) is 0 Å². The van der Waals surface area contributed by atoms with E-state index in [0.717, 1.165) is 15.8 Å². The molecule has 6 heteroatoms. The summed E-state index contributed by atoms with van der Waals surface area (Å²) in [6.45, 7) is 1.86. The van der Waals surface area contributed by atoms with E-state index in [1.165, 1.54) is 6.26 Å². The fraction of sp³-hybridized carbons (Fsp3) is 0.500. The molecule has 1 aromatic carbocycles. The number of nitrogens with one attached hydrogen (secondary N) is 1. The SMILES string of the molecule is CC(CS(C)(=O)=O)Nc1cc(Br)ccc1N(C)C. The molecule has 0 saturated heterocycles. The lowest BCUT2D eigenvalue weighted by atomic mass is 10.2. The van der Waals surface area contributed by atoms with Crippen molar-refractivity contribution in [1.29, 1.82) is 0 Å². The molecule has 0 aliphatic rings. The van der Waals surface area contributed by atoms with Crippen LogP contribution in [-0.2, 0) is 9.84 Å². The monoisotopic (exact) mass is 334 g/mol. The van der Waals surface area contributed by atoms with Crippen LogP contribution in [-0.4, -0.2) is 40.6 Å². The van der Waals surface area contributed by atoms with Crippen molar-refractivity contribution in [1.82, 2.24) is 0 Å². The average Bonchev–Trinajstić information content (AvgIpc) is 2.13. The molecule has 0 saturated carbocycles. The predicted molar refractivity (Wildman–Crippen MR) is 81.3 cm³/mol. The lowest BCUT2D eigenvalue weighted by molar-refractivity contribution is 0.598. The number of anilines is 2. The van der Waals surface area contributed by atoms with Crippen molar-refractivity contribution >= 4 is 37.1 Å². The largest absolute Gasteiger partial charge is 0.380 e. The van der Waals surface area contributed by atoms with E-state index in [2.05, 4.69) is 21.2 Å². The molecule has 0 amide bonds. The molecule has 0 bridgehead atoms. The first-order chi connectivity index (χ1) is 8.19. The van der Waals surface area contributed by atoms with Crippen LogP contribution in [0.4, 0.5) is 11.4 Å². The number of hydrogen-bond acceptors (Lipinski definition) is 4. The second-order valence-electron chi connectivity index (χ2n) is 4.69. The molecule has 1 atom stereocenters. The van der Waals surface area contributed by atoms with E-state index in [1.807, 2.05) is 44.1 Å². The maximum Gasteiger partial charge on any atom is 0.149 e. The first-order valence-corrected chi connectivity index (χ1v) is 8.45. The molecule has 0 fully saturated rings. The van der Waals surface area contributed by atoms with E-state index in [4.69, 9.17) is 0 Å². The van der Waals surface area contributed by atoms with Gasteiger partial charge in [-0.2, -0.15) is 0 Å². The molecular weight excluding hydrogens is 316 g/mol. The quantitative estimate of drug-likeness (QED) is 0.898. The van der Waals surface area contributed by atoms with Gasteiger partial charge in [0.25, 0.3) is 0 Å². The second kappa shape index (κ2) is 5.93. The van der Waals surface area contributed by atoms with Gasteiger partial charge >= 0.3 is 0 Å². The molecule has 0 heterocycles. The highest BCUT2D eigenvalue weighted by Crippen LogP contribution is 2.28. The van der Waals surface area contributed by atoms with Crippen LogP contribution in [0.3, 0.4) is 0 Å². The molecule has 0 aliphatic heterocycles. The van der Waals surface area contributed by atoms with Crippen LogP contribution >= 0.6 is 15.9 Å². The minimum absolute atomic E-state index is 0.117. The van der Waals surface area contributed by atoms with Crippen molar-refractivity contribution in [3.63, 3.8) is 0 Å². The van der Waals surface area contributed by atoms with Gasteiger partial charge in [0, 0.05) is 30.9 Å². The maximum atomic E-state index is 11.3. The van der Waals surface area contributed by atoms with Gasteiger partial charge in [-0.25, -0.2) is 8.42 Å². The highest BCUT2D eigenvalue weighted by Gasteiger charge is 2.13. The van der Waals surface area contributed by atoms with Crippen LogP contribution in [0.5, 0.6) is 0 Å². The van der Waals surface area contributed by atoms with Crippen LogP contribution in [0, 0.1) is 0 Å². The van der Waals surface area contributed by atoms with E-state index < -0.39 is 9.84 Å². The first-order valence-electron chi connectivity index (χ1n) is 5.60. The van der Waals surface area contributed by atoms with E-state index in [0.29, 0.717) is 0 Å². The smallest absolute Gasteiger partial charge is 0.149 e. The number of rotatable bonds is 5. The average molecular weight is 335 g/mol. The summed E-state index contributed by atoms with van der Waals surface area (Å²) in [5.41, 5.74) is 1.95. The molecule has 4 nitrogen and oxygen atoms in total. The van der Waals surface area contributed by atoms with Gasteiger partial charge in [0.2, 0.25) is 0 Å². The maximum absolute atomic E-state index is 11.3. The molecule has 0 aromatic heterocycles. The minimum atomic E-state index is -2.97. The van der Waals surface area contributed by atoms with Gasteiger partial charge in [-0.3, -0.25) is 0 Å². The van der Waals surface area contributed by atoms with Gasteiger partial charge < -0.3 is 10.2 Å². The molecule has 0 spiro atoms. The minimum Gasteiger partial charge on any atom is -0.380 e. The Labute approximate surface area is 117 Å². The van der Waals surface area contributed by atoms with Crippen LogP contribution in [0.2, 0.25) is 0 Å². The molecular formula is C12H19BrN2O2S. The Hall–Kier alpha value is -0.750. The highest BCUT2D eigenvalue weighted by molar-refractivity contribution is 9.10. The molecule has 0 radical (unpaired) electrons. The van der Waals surface area contributed by atoms with Crippen LogP contribution in [0.1, 0.15) is 6.92 Å². The summed E-state index contributed by atoms with van der Waals surface area (Å²) in [5, 5.41) is 3.24. The summed E-state index contributed by atoms with van der Waals surface area (Å²) in [7, 11) is 0.934. The predicted octanol–water partition coefficient (Wildman–Crippen LogP) is 2.36. The van der Waals surface area contributed by atoms with Crippen LogP contribution < -0.4 is 10.2 Å². The van der Waals surface area contributed by atoms with E-state index >= 15 is 0 Å². The van der Waals surface area contributed by atoms with E-state index in [-0.39, 0.29) is 11.8 Å². The Balaban J connectivity index is 2.92. The lowest BCUT2D eigenvalue weighted by Crippen LogP contribution is -2.26. The van der Waals surface area contributed by atoms with Gasteiger partial charge in [-0.05, 0) is 25.1 Å². The van der Waals surface area contributed by atoms with Crippen molar-refractivity contribution in [3.05, 3.63) is 22.7 Å². The van der Waals surface area contributed by atoms with Crippen LogP contribution in [0.15, 0.2) is 22.7 Å². The third kappa shape index (κ3) is 4.86. The Morgan fingerprint density at radius 3 is 2.50 bits per heavy atom. The number of nitrogens with zero attached hydrogens (tertiary/aromatic N) is 1. The molecule has 18 heavy (non-hydrogen) atoms. The van der Waals surface area contributed by atoms with E-state index in [9.17, 15) is 8.42 Å². The molecule has 1 N–H and O–H groups in total. The summed E-state index contributed by atoms with van der Waals surface area (Å²) in [4.78, 5) is 1.99. The van der Waals surface area contributed by atoms with Gasteiger partial charge in [0.15, 0.2) is 0 Å². The molecule has 1 rings (SSSR count). The zero-order valence-electron chi connectivity index (χ0n) is 11.1. The Bertz CT molecular complexity index is 515. The number of halogens is 1. The van der Waals surface area contributed by atoms with E-state index in [1.54, 1.807) is 0 Å². The Kier molecular flexibility index (Phi) is 5.04. The van der Waals surface area contributed by atoms with Crippen molar-refractivity contribution in [2.75, 3.05) is 36.3 Å². The number of benzene rings is 1. The first kappa shape index (κ1) is 15.3. The Morgan fingerprint density at radius 1 is 1.39 bits per heavy atom. The third-order valence-electron chi connectivity index (χ3n) is 2.40. The molecule has 1 aromatic rings. The number of sulfone groups is 1. The van der Waals surface area contributed by atoms with Gasteiger partial charge in [0.1, 0.15) is 9.84 Å². The third-order valence-corrected chi connectivity index (χ3v) is 3.99. The van der Waals surface area contributed by atoms with Gasteiger partial charge in [-0.15, -0.1) is 0 Å². The zero-order chi connectivity index (χ0) is 13.9. The van der Waals surface area contributed by atoms with Crippen molar-refractivity contribution < 1.29 is 8.42 Å². The van der Waals surface area contributed by atoms with Crippen LogP contribution in [0.25, 0.3) is 0 Å². The topological polar surface area (TPSA) is 49.4 Å². The lowest BCUT2D eigenvalue weighted by Gasteiger charge is -2.22. The summed E-state index contributed by atoms with van der Waals surface area (Å²) in [6, 6.07) is 5.77. The molecule has 102 valence electrons. The summed E-state index contributed by atoms with van der Waals surface area (Å²) in [5.74, 6) is 0.117. The van der Waals surface area contributed by atoms with Crippen molar-refractivity contribution in [2.45, 2.75) is 13.0 Å².